The van der Waals surface area contributed by atoms with Crippen molar-refractivity contribution in [3.05, 3.63) is 64.6 Å². The summed E-state index contributed by atoms with van der Waals surface area (Å²) in [5.74, 6) is -0.274. The van der Waals surface area contributed by atoms with Gasteiger partial charge < -0.3 is 15.0 Å². The summed E-state index contributed by atoms with van der Waals surface area (Å²) in [7, 11) is 0. The molecular weight excluding hydrogens is 491 g/mol. The molecule has 0 aliphatic carbocycles. The number of carbonyl (C=O) groups is 2. The van der Waals surface area contributed by atoms with Crippen molar-refractivity contribution in [1.29, 1.82) is 0 Å². The lowest BCUT2D eigenvalue weighted by molar-refractivity contribution is -0.274. The molecule has 4 rings (SSSR count). The maximum absolute atomic E-state index is 13.0. The van der Waals surface area contributed by atoms with Crippen molar-refractivity contribution < 1.29 is 27.5 Å². The molecule has 0 bridgehead atoms. The van der Waals surface area contributed by atoms with Crippen molar-refractivity contribution in [1.82, 2.24) is 9.88 Å². The number of nitrogens with one attached hydrogen (secondary N) is 1. The number of benzene rings is 2. The first-order valence-electron chi connectivity index (χ1n) is 11.7. The van der Waals surface area contributed by atoms with Crippen LogP contribution in [0.4, 0.5) is 18.9 Å². The lowest BCUT2D eigenvalue weighted by Gasteiger charge is -2.31. The number of amides is 2. The Morgan fingerprint density at radius 2 is 1.81 bits per heavy atom. The van der Waals surface area contributed by atoms with Gasteiger partial charge in [0.15, 0.2) is 0 Å². The third kappa shape index (κ3) is 6.42. The third-order valence-corrected chi connectivity index (χ3v) is 7.00. The van der Waals surface area contributed by atoms with Crippen LogP contribution in [-0.2, 0) is 4.79 Å². The Morgan fingerprint density at radius 1 is 1.11 bits per heavy atom. The number of para-hydroxylation sites is 1. The van der Waals surface area contributed by atoms with E-state index in [1.807, 2.05) is 11.8 Å². The topological polar surface area (TPSA) is 71.5 Å². The van der Waals surface area contributed by atoms with E-state index in [0.29, 0.717) is 42.0 Å². The first-order chi connectivity index (χ1) is 17.2. The average molecular weight is 518 g/mol. The molecule has 0 spiro atoms. The lowest BCUT2D eigenvalue weighted by Crippen LogP contribution is -2.37. The molecule has 1 N–H and O–H groups in total. The van der Waals surface area contributed by atoms with E-state index < -0.39 is 6.36 Å². The van der Waals surface area contributed by atoms with Crippen LogP contribution in [0, 0.1) is 0 Å². The van der Waals surface area contributed by atoms with E-state index >= 15 is 0 Å². The van der Waals surface area contributed by atoms with Crippen molar-refractivity contribution in [2.45, 2.75) is 44.9 Å². The van der Waals surface area contributed by atoms with E-state index in [1.54, 1.807) is 29.6 Å². The van der Waals surface area contributed by atoms with Crippen LogP contribution in [0.1, 0.15) is 54.0 Å². The van der Waals surface area contributed by atoms with Crippen LogP contribution in [0.3, 0.4) is 0 Å². The number of piperidine rings is 1. The Bertz CT molecular complexity index is 1200. The molecule has 10 heteroatoms. The number of hydrogen-bond acceptors (Lipinski definition) is 5. The summed E-state index contributed by atoms with van der Waals surface area (Å²) in [4.78, 5) is 31.5. The second-order valence-electron chi connectivity index (χ2n) is 8.55. The molecule has 2 aromatic carbocycles. The van der Waals surface area contributed by atoms with Gasteiger partial charge in [0.1, 0.15) is 11.4 Å². The minimum absolute atomic E-state index is 0.191. The van der Waals surface area contributed by atoms with Crippen molar-refractivity contribution in [2.24, 2.45) is 0 Å². The highest BCUT2D eigenvalue weighted by atomic mass is 32.1. The zero-order chi connectivity index (χ0) is 25.7. The summed E-state index contributed by atoms with van der Waals surface area (Å²) in [5.41, 5.74) is 2.11. The summed E-state index contributed by atoms with van der Waals surface area (Å²) in [6.45, 7) is 3.39. The molecule has 36 heavy (non-hydrogen) atoms. The van der Waals surface area contributed by atoms with Gasteiger partial charge in [0.2, 0.25) is 5.91 Å². The fraction of sp³-hybridized carbons (Fsp3) is 0.346. The highest BCUT2D eigenvalue weighted by Crippen LogP contribution is 2.33. The molecule has 0 saturated carbocycles. The molecule has 1 saturated heterocycles. The van der Waals surface area contributed by atoms with Crippen LogP contribution in [0.25, 0.3) is 11.1 Å². The van der Waals surface area contributed by atoms with Crippen LogP contribution in [0.15, 0.2) is 53.9 Å². The van der Waals surface area contributed by atoms with Gasteiger partial charge in [0.05, 0.1) is 5.01 Å². The molecule has 0 atom stereocenters. The quantitative estimate of drug-likeness (QED) is 0.390. The second-order valence-corrected chi connectivity index (χ2v) is 9.44. The van der Waals surface area contributed by atoms with E-state index in [2.05, 4.69) is 15.0 Å². The molecule has 0 radical (unpaired) electrons. The van der Waals surface area contributed by atoms with Crippen LogP contribution < -0.4 is 10.1 Å². The first kappa shape index (κ1) is 25.7. The van der Waals surface area contributed by atoms with Gasteiger partial charge in [0, 0.05) is 42.1 Å². The molecule has 6 nitrogen and oxygen atoms in total. The lowest BCUT2D eigenvalue weighted by atomic mass is 9.97. The molecule has 1 aliphatic heterocycles. The Kier molecular flexibility index (Phi) is 7.93. The van der Waals surface area contributed by atoms with Crippen molar-refractivity contribution in [2.75, 3.05) is 18.4 Å². The minimum Gasteiger partial charge on any atom is -0.406 e. The van der Waals surface area contributed by atoms with E-state index in [-0.39, 0.29) is 23.5 Å². The van der Waals surface area contributed by atoms with Gasteiger partial charge in [-0.1, -0.05) is 37.3 Å². The maximum atomic E-state index is 13.0. The Labute approximate surface area is 211 Å². The maximum Gasteiger partial charge on any atom is 0.573 e. The molecule has 2 heterocycles. The number of ether oxygens (including phenoxy) is 1. The summed E-state index contributed by atoms with van der Waals surface area (Å²) in [5, 5.41) is 5.48. The smallest absolute Gasteiger partial charge is 0.406 e. The van der Waals surface area contributed by atoms with Gasteiger partial charge in [-0.3, -0.25) is 9.59 Å². The molecule has 1 aromatic heterocycles. The average Bonchev–Trinajstić information content (AvgIpc) is 3.35. The van der Waals surface area contributed by atoms with Gasteiger partial charge in [-0.25, -0.2) is 4.98 Å². The Balaban J connectivity index is 1.42. The number of alkyl halides is 3. The van der Waals surface area contributed by atoms with Gasteiger partial charge in [-0.2, -0.15) is 0 Å². The molecule has 1 fully saturated rings. The van der Waals surface area contributed by atoms with Gasteiger partial charge >= 0.3 is 6.36 Å². The molecule has 190 valence electrons. The number of likely N-dealkylation sites (tertiary alicyclic amines) is 1. The molecular formula is C26H26F3N3O3S. The molecule has 0 unspecified atom stereocenters. The SMILES string of the molecule is CCCC(=O)N1CCC(c2nc(C(=O)Nc3ccccc3-c3ccc(OC(F)(F)F)cc3)cs2)CC1. The standard InChI is InChI=1S/C26H26F3N3O3S/c1-2-5-23(33)32-14-12-18(13-15-32)25-31-22(16-36-25)24(34)30-21-7-4-3-6-20(21)17-8-10-19(11-9-17)35-26(27,28)29/h3-4,6-11,16,18H,2,5,12-15H2,1H3,(H,30,34). The van der Waals surface area contributed by atoms with E-state index in [0.717, 1.165) is 24.3 Å². The van der Waals surface area contributed by atoms with Gasteiger partial charge in [-0.05, 0) is 43.0 Å². The summed E-state index contributed by atoms with van der Waals surface area (Å²) in [6.07, 6.45) is -1.71. The van der Waals surface area contributed by atoms with Crippen LogP contribution in [0.2, 0.25) is 0 Å². The van der Waals surface area contributed by atoms with Crippen LogP contribution in [-0.4, -0.2) is 41.2 Å². The molecule has 3 aromatic rings. The fourth-order valence-corrected chi connectivity index (χ4v) is 5.16. The number of hydrogen-bond donors (Lipinski definition) is 1. The highest BCUT2D eigenvalue weighted by molar-refractivity contribution is 7.10. The van der Waals surface area contributed by atoms with Crippen molar-refractivity contribution >= 4 is 28.8 Å². The zero-order valence-electron chi connectivity index (χ0n) is 19.7. The monoisotopic (exact) mass is 517 g/mol. The second kappa shape index (κ2) is 11.1. The zero-order valence-corrected chi connectivity index (χ0v) is 20.5. The first-order valence-corrected chi connectivity index (χ1v) is 12.6. The predicted molar refractivity (Wildman–Crippen MR) is 132 cm³/mol. The minimum atomic E-state index is -4.76. The highest BCUT2D eigenvalue weighted by Gasteiger charge is 2.31. The van der Waals surface area contributed by atoms with E-state index in [1.165, 1.54) is 35.6 Å². The number of halogens is 3. The number of carbonyl (C=O) groups excluding carboxylic acids is 2. The van der Waals surface area contributed by atoms with E-state index in [9.17, 15) is 22.8 Å². The van der Waals surface area contributed by atoms with Crippen molar-refractivity contribution in [3.63, 3.8) is 0 Å². The van der Waals surface area contributed by atoms with Gasteiger partial charge in [-0.15, -0.1) is 24.5 Å². The summed E-state index contributed by atoms with van der Waals surface area (Å²) >= 11 is 1.44. The summed E-state index contributed by atoms with van der Waals surface area (Å²) in [6, 6.07) is 12.5. The normalized spacial score (nSPS) is 14.5. The fourth-order valence-electron chi connectivity index (χ4n) is 4.19. The Morgan fingerprint density at radius 3 is 2.47 bits per heavy atom. The molecule has 1 aliphatic rings. The number of aromatic nitrogens is 1. The largest absolute Gasteiger partial charge is 0.573 e. The van der Waals surface area contributed by atoms with Crippen LogP contribution in [0.5, 0.6) is 5.75 Å². The van der Waals surface area contributed by atoms with Gasteiger partial charge in [0.25, 0.3) is 5.91 Å². The summed E-state index contributed by atoms with van der Waals surface area (Å²) < 4.78 is 41.3. The number of rotatable bonds is 7. The third-order valence-electron chi connectivity index (χ3n) is 5.99. The van der Waals surface area contributed by atoms with Crippen LogP contribution >= 0.6 is 11.3 Å². The number of nitrogens with zero attached hydrogens (tertiary/aromatic N) is 2. The van der Waals surface area contributed by atoms with E-state index in [4.69, 9.17) is 0 Å². The number of anilines is 1. The Hall–Kier alpha value is -3.40. The predicted octanol–water partition coefficient (Wildman–Crippen LogP) is 6.47. The molecule has 2 amide bonds. The number of thiazole rings is 1. The van der Waals surface area contributed by atoms with Crippen molar-refractivity contribution in [3.8, 4) is 16.9 Å².